The van der Waals surface area contributed by atoms with E-state index < -0.39 is 35.0 Å². The van der Waals surface area contributed by atoms with E-state index in [2.05, 4.69) is 21.3 Å². The fourth-order valence-electron chi connectivity index (χ4n) is 8.50. The molecule has 0 bridgehead atoms. The Bertz CT molecular complexity index is 2550. The summed E-state index contributed by atoms with van der Waals surface area (Å²) in [5.41, 5.74) is 1.33. The Hall–Kier alpha value is -5.71. The monoisotopic (exact) mass is 976 g/mol. The van der Waals surface area contributed by atoms with E-state index in [4.69, 9.17) is 55.9 Å². The fraction of sp³-hybridized carbons (Fsp3) is 0.261. The molecule has 8 rings (SSSR count). The Labute approximate surface area is 397 Å². The Balaban J connectivity index is 1.13. The van der Waals surface area contributed by atoms with Gasteiger partial charge >= 0.3 is 12.1 Å². The number of imide groups is 2. The van der Waals surface area contributed by atoms with Crippen molar-refractivity contribution in [1.82, 2.24) is 31.1 Å². The number of carbonyl (C=O) groups is 6. The van der Waals surface area contributed by atoms with Gasteiger partial charge in [0.05, 0.1) is 34.3 Å². The van der Waals surface area contributed by atoms with Crippen molar-refractivity contribution in [3.8, 4) is 33.8 Å². The van der Waals surface area contributed by atoms with Crippen LogP contribution in [0, 0.1) is 0 Å². The summed E-state index contributed by atoms with van der Waals surface area (Å²) in [6.07, 6.45) is 7.05. The van der Waals surface area contributed by atoms with Gasteiger partial charge < -0.3 is 29.9 Å². The highest BCUT2D eigenvalue weighted by molar-refractivity contribution is 7.99. The first-order valence-corrected chi connectivity index (χ1v) is 22.7. The van der Waals surface area contributed by atoms with Crippen LogP contribution >= 0.6 is 58.2 Å². The second-order valence-electron chi connectivity index (χ2n) is 15.7. The number of hydrogen-bond acceptors (Lipinski definition) is 9. The molecule has 4 fully saturated rings. The number of nitrogens with zero attached hydrogens (tertiary/aromatic N) is 2. The highest BCUT2D eigenvalue weighted by Gasteiger charge is 2.49. The first-order chi connectivity index (χ1) is 31.2. The van der Waals surface area contributed by atoms with Gasteiger partial charge in [-0.2, -0.15) is 0 Å². The molecule has 336 valence electrons. The van der Waals surface area contributed by atoms with Crippen molar-refractivity contribution in [2.24, 2.45) is 0 Å². The van der Waals surface area contributed by atoms with Crippen molar-refractivity contribution in [2.75, 3.05) is 40.4 Å². The molecule has 8 amide bonds. The molecule has 0 unspecified atom stereocenters. The number of hydrogen-bond donors (Lipinski definition) is 4. The van der Waals surface area contributed by atoms with Crippen LogP contribution in [0.2, 0.25) is 20.1 Å². The summed E-state index contributed by atoms with van der Waals surface area (Å²) in [5.74, 6) is -0.361. The van der Waals surface area contributed by atoms with Crippen LogP contribution in [-0.2, 0) is 19.2 Å². The predicted octanol–water partition coefficient (Wildman–Crippen LogP) is 8.23. The summed E-state index contributed by atoms with van der Waals surface area (Å²) >= 11 is 29.7. The lowest BCUT2D eigenvalue weighted by Gasteiger charge is -2.36. The largest absolute Gasteiger partial charge is 0.496 e. The molecule has 0 radical (unpaired) electrons. The normalized spacial score (nSPS) is 17.8. The van der Waals surface area contributed by atoms with Crippen LogP contribution in [0.25, 0.3) is 34.4 Å². The third-order valence-electron chi connectivity index (χ3n) is 12.1. The molecule has 4 aliphatic heterocycles. The zero-order chi connectivity index (χ0) is 46.2. The molecule has 4 saturated heterocycles. The maximum absolute atomic E-state index is 13.6. The number of piperidine rings is 2. The molecule has 0 saturated carbocycles. The van der Waals surface area contributed by atoms with Gasteiger partial charge in [-0.3, -0.25) is 29.8 Å². The molecule has 0 aromatic heterocycles. The molecule has 65 heavy (non-hydrogen) atoms. The quantitative estimate of drug-likeness (QED) is 0.0902. The number of urea groups is 2. The molecule has 4 N–H and O–H groups in total. The van der Waals surface area contributed by atoms with E-state index in [1.54, 1.807) is 48.3 Å². The zero-order valence-electron chi connectivity index (χ0n) is 34.8. The topological polar surface area (TPSA) is 175 Å². The van der Waals surface area contributed by atoms with Crippen LogP contribution in [0.5, 0.6) is 11.5 Å². The molecular formula is C46H40Cl4N6O8S. The Morgan fingerprint density at radius 1 is 0.585 bits per heavy atom. The standard InChI is InChI=1S/C46H40Cl4N6O8S/c1-63-31-9-5-3-7-25(31)29-23-33(39(49)37(47)27(29)11-13-35(57)55-19-15-45(16-20-55)41(59)51-43(61)53-45)65-34-24-30(26-8-4-6-10-32(26)64-2)28(38(48)40(34)50)12-14-36(58)56-21-17-46(18-22-56)42(60)52-44(62)54-46/h3-14,23-24H,15-22H2,1-2H3,(H2,51,53,59,61)(H2,52,54,60,62). The summed E-state index contributed by atoms with van der Waals surface area (Å²) in [6.45, 7) is 0.975. The average molecular weight is 979 g/mol. The lowest BCUT2D eigenvalue weighted by atomic mass is 9.87. The van der Waals surface area contributed by atoms with Gasteiger partial charge in [0.15, 0.2) is 0 Å². The second-order valence-corrected chi connectivity index (χ2v) is 18.3. The lowest BCUT2D eigenvalue weighted by Crippen LogP contribution is -2.55. The van der Waals surface area contributed by atoms with E-state index in [-0.39, 0.29) is 83.8 Å². The Kier molecular flexibility index (Phi) is 13.2. The average Bonchev–Trinajstić information content (AvgIpc) is 3.74. The molecule has 4 aromatic carbocycles. The number of amides is 8. The fourth-order valence-corrected chi connectivity index (χ4v) is 10.7. The molecule has 2 spiro atoms. The number of methoxy groups -OCH3 is 2. The third-order valence-corrected chi connectivity index (χ3v) is 15.2. The molecular weight excluding hydrogens is 938 g/mol. The summed E-state index contributed by atoms with van der Waals surface area (Å²) in [6, 6.07) is 17.2. The van der Waals surface area contributed by atoms with E-state index in [0.29, 0.717) is 54.7 Å². The molecule has 0 aliphatic carbocycles. The van der Waals surface area contributed by atoms with Crippen LogP contribution in [-0.4, -0.2) is 97.0 Å². The summed E-state index contributed by atoms with van der Waals surface area (Å²) in [5, 5.41) is 10.6. The lowest BCUT2D eigenvalue weighted by molar-refractivity contribution is -0.132. The highest BCUT2D eigenvalue weighted by Crippen LogP contribution is 2.50. The van der Waals surface area contributed by atoms with Gasteiger partial charge in [-0.1, -0.05) is 94.6 Å². The molecule has 14 nitrogen and oxygen atoms in total. The van der Waals surface area contributed by atoms with Gasteiger partial charge in [0.25, 0.3) is 11.8 Å². The van der Waals surface area contributed by atoms with E-state index in [1.165, 1.54) is 23.9 Å². The number of benzene rings is 4. The highest BCUT2D eigenvalue weighted by atomic mass is 35.5. The molecule has 4 aliphatic rings. The van der Waals surface area contributed by atoms with E-state index in [1.807, 2.05) is 48.5 Å². The van der Waals surface area contributed by atoms with Crippen molar-refractivity contribution in [1.29, 1.82) is 0 Å². The van der Waals surface area contributed by atoms with Crippen molar-refractivity contribution in [3.05, 3.63) is 104 Å². The predicted molar refractivity (Wildman–Crippen MR) is 250 cm³/mol. The van der Waals surface area contributed by atoms with Crippen LogP contribution in [0.4, 0.5) is 9.59 Å². The summed E-state index contributed by atoms with van der Waals surface area (Å²) in [4.78, 5) is 80.0. The number of halogens is 4. The maximum atomic E-state index is 13.6. The number of rotatable bonds is 10. The van der Waals surface area contributed by atoms with Crippen LogP contribution in [0.15, 0.2) is 82.6 Å². The minimum atomic E-state index is -1.03. The number of nitrogens with one attached hydrogen (secondary N) is 4. The van der Waals surface area contributed by atoms with E-state index >= 15 is 0 Å². The number of likely N-dealkylation sites (tertiary alicyclic amines) is 2. The van der Waals surface area contributed by atoms with Crippen LogP contribution in [0.3, 0.4) is 0 Å². The van der Waals surface area contributed by atoms with Crippen molar-refractivity contribution < 1.29 is 38.2 Å². The van der Waals surface area contributed by atoms with Gasteiger partial charge in [-0.15, -0.1) is 0 Å². The minimum Gasteiger partial charge on any atom is -0.496 e. The number of ether oxygens (including phenoxy) is 2. The summed E-state index contributed by atoms with van der Waals surface area (Å²) in [7, 11) is 3.09. The smallest absolute Gasteiger partial charge is 0.322 e. The maximum Gasteiger partial charge on any atom is 0.322 e. The van der Waals surface area contributed by atoms with Crippen LogP contribution in [0.1, 0.15) is 36.8 Å². The minimum absolute atomic E-state index is 0.148. The van der Waals surface area contributed by atoms with Crippen molar-refractivity contribution in [2.45, 2.75) is 46.6 Å². The van der Waals surface area contributed by atoms with Gasteiger partial charge in [0, 0.05) is 70.4 Å². The SMILES string of the molecule is COc1ccccc1-c1cc(Sc2cc(-c3ccccc3OC)c(C=CC(=O)N3CCC4(CC3)NC(=O)NC4=O)c(Cl)c2Cl)c(Cl)c(Cl)c1C=CC(=O)N1CCC2(CC1)NC(=O)NC2=O. The number of para-hydroxylation sites is 2. The van der Waals surface area contributed by atoms with Gasteiger partial charge in [-0.05, 0) is 73.2 Å². The van der Waals surface area contributed by atoms with Crippen LogP contribution < -0.4 is 30.7 Å². The second kappa shape index (κ2) is 18.6. The van der Waals surface area contributed by atoms with E-state index in [9.17, 15) is 28.8 Å². The third kappa shape index (κ3) is 8.87. The van der Waals surface area contributed by atoms with Gasteiger partial charge in [-0.25, -0.2) is 9.59 Å². The van der Waals surface area contributed by atoms with Crippen molar-refractivity contribution in [3.63, 3.8) is 0 Å². The number of carbonyl (C=O) groups excluding carboxylic acids is 6. The Morgan fingerprint density at radius 3 is 1.29 bits per heavy atom. The summed E-state index contributed by atoms with van der Waals surface area (Å²) < 4.78 is 11.5. The Morgan fingerprint density at radius 2 is 0.954 bits per heavy atom. The first kappa shape index (κ1) is 45.8. The van der Waals surface area contributed by atoms with E-state index in [0.717, 1.165) is 0 Å². The molecule has 19 heteroatoms. The zero-order valence-corrected chi connectivity index (χ0v) is 38.7. The molecule has 4 heterocycles. The van der Waals surface area contributed by atoms with Gasteiger partial charge in [0.1, 0.15) is 22.6 Å². The first-order valence-electron chi connectivity index (χ1n) is 20.4. The van der Waals surface area contributed by atoms with Crippen molar-refractivity contribution >= 4 is 106 Å². The molecule has 4 aromatic rings. The molecule has 0 atom stereocenters. The van der Waals surface area contributed by atoms with Gasteiger partial charge in [0.2, 0.25) is 11.8 Å².